The number of methoxy groups -OCH3 is 1. The SMILES string of the molecule is C1CCOC1.CN(C)Cc1cc(CO)ccc1S(C)(=O)=O.CO.COC(=O)c1ccc(S(C)(=O)=O)c(C#N)c1.CS(=O)(=O)c1ccc(CO)cc1CN.Cc1c(C(=O)N[C@H](C(=O)OCc2ccc(S(C)(=O)=O)c(CN(C)C)c2)C(C)C)ccc2c1B(O)OC2.S. The van der Waals surface area contributed by atoms with Gasteiger partial charge in [-0.15, -0.1) is 0 Å². The summed E-state index contributed by atoms with van der Waals surface area (Å²) in [4.78, 5) is 41.6. The highest BCUT2D eigenvalue weighted by Crippen LogP contribution is 2.23. The van der Waals surface area contributed by atoms with Crippen molar-refractivity contribution in [2.24, 2.45) is 11.7 Å². The number of nitrogens with one attached hydrogen (secondary N) is 1. The Hall–Kier alpha value is -6.15. The summed E-state index contributed by atoms with van der Waals surface area (Å²) < 4.78 is 113. The van der Waals surface area contributed by atoms with Crippen LogP contribution >= 0.6 is 13.5 Å². The maximum Gasteiger partial charge on any atom is 0.492 e. The predicted octanol–water partition coefficient (Wildman–Crippen LogP) is 3.13. The smallest absolute Gasteiger partial charge is 0.465 e. The number of carbonyl (C=O) groups excluding carboxylic acids is 3. The van der Waals surface area contributed by atoms with Crippen molar-refractivity contribution in [2.75, 3.05) is 80.6 Å². The summed E-state index contributed by atoms with van der Waals surface area (Å²) in [5.41, 5.74) is 11.8. The van der Waals surface area contributed by atoms with Gasteiger partial charge in [0, 0.05) is 70.5 Å². The molecule has 0 aromatic heterocycles. The van der Waals surface area contributed by atoms with Gasteiger partial charge in [0.2, 0.25) is 0 Å². The number of benzene rings is 5. The zero-order valence-corrected chi connectivity index (χ0v) is 57.3. The van der Waals surface area contributed by atoms with Crippen molar-refractivity contribution in [2.45, 2.75) is 105 Å². The molecule has 5 aromatic rings. The van der Waals surface area contributed by atoms with E-state index in [-0.39, 0.29) is 78.2 Å². The lowest BCUT2D eigenvalue weighted by molar-refractivity contribution is -0.148. The number of nitriles is 1. The van der Waals surface area contributed by atoms with E-state index in [2.05, 4.69) is 10.1 Å². The number of fused-ring (bicyclic) bond motifs is 1. The van der Waals surface area contributed by atoms with Crippen molar-refractivity contribution in [3.8, 4) is 6.07 Å². The number of sulfone groups is 4. The molecule has 0 bridgehead atoms. The normalized spacial score (nSPS) is 12.9. The summed E-state index contributed by atoms with van der Waals surface area (Å²) in [5, 5.41) is 46.5. The lowest BCUT2D eigenvalue weighted by atomic mass is 9.75. The molecular formula is C60H86BN5O19S5. The van der Waals surface area contributed by atoms with E-state index in [0.29, 0.717) is 56.8 Å². The van der Waals surface area contributed by atoms with Gasteiger partial charge in [0.05, 0.1) is 57.6 Å². The monoisotopic (exact) mass is 1350 g/mol. The molecule has 24 nitrogen and oxygen atoms in total. The van der Waals surface area contributed by atoms with Gasteiger partial charge in [0.15, 0.2) is 39.3 Å². The lowest BCUT2D eigenvalue weighted by Gasteiger charge is -2.22. The molecule has 90 heavy (non-hydrogen) atoms. The second-order valence-electron chi connectivity index (χ2n) is 21.3. The molecule has 2 aliphatic rings. The highest BCUT2D eigenvalue weighted by molar-refractivity contribution is 7.91. The van der Waals surface area contributed by atoms with Gasteiger partial charge in [-0.2, -0.15) is 18.8 Å². The van der Waals surface area contributed by atoms with Gasteiger partial charge in [-0.25, -0.2) is 43.3 Å². The Morgan fingerprint density at radius 2 is 1.14 bits per heavy atom. The molecule has 30 heteroatoms. The number of amides is 1. The third-order valence-corrected chi connectivity index (χ3v) is 17.7. The van der Waals surface area contributed by atoms with E-state index >= 15 is 0 Å². The van der Waals surface area contributed by atoms with Crippen LogP contribution in [0, 0.1) is 24.2 Å². The molecule has 5 aromatic carbocycles. The van der Waals surface area contributed by atoms with E-state index in [1.807, 2.05) is 38.0 Å². The van der Waals surface area contributed by atoms with E-state index in [9.17, 15) is 53.1 Å². The molecule has 1 fully saturated rings. The van der Waals surface area contributed by atoms with Crippen LogP contribution < -0.4 is 16.5 Å². The second-order valence-corrected chi connectivity index (χ2v) is 29.3. The summed E-state index contributed by atoms with van der Waals surface area (Å²) >= 11 is 0. The molecule has 7 rings (SSSR count). The molecule has 0 saturated carbocycles. The quantitative estimate of drug-likeness (QED) is 0.0542. The third kappa shape index (κ3) is 25.9. The Labute approximate surface area is 537 Å². The number of nitrogens with zero attached hydrogens (tertiary/aromatic N) is 3. The van der Waals surface area contributed by atoms with Gasteiger partial charge in [0.25, 0.3) is 5.91 Å². The largest absolute Gasteiger partial charge is 0.492 e. The molecule has 0 spiro atoms. The fraction of sp³-hybridized carbons (Fsp3) is 0.433. The van der Waals surface area contributed by atoms with Crippen LogP contribution in [0.1, 0.15) is 97.5 Å². The number of carbonyl (C=O) groups is 3. The van der Waals surface area contributed by atoms with Crippen LogP contribution in [-0.4, -0.2) is 175 Å². The van der Waals surface area contributed by atoms with E-state index in [0.717, 1.165) is 55.8 Å². The van der Waals surface area contributed by atoms with Crippen LogP contribution in [-0.2, 0) is 109 Å². The zero-order chi connectivity index (χ0) is 67.8. The Morgan fingerprint density at radius 3 is 1.54 bits per heavy atom. The number of hydrogen-bond acceptors (Lipinski definition) is 23. The molecule has 2 heterocycles. The molecule has 7 N–H and O–H groups in total. The van der Waals surface area contributed by atoms with E-state index in [1.54, 1.807) is 81.4 Å². The minimum absolute atomic E-state index is 0. The van der Waals surface area contributed by atoms with Crippen molar-refractivity contribution in [3.63, 3.8) is 0 Å². The number of rotatable bonds is 18. The number of nitrogens with two attached hydrogens (primary N) is 1. The topological polar surface area (TPSA) is 374 Å². The maximum atomic E-state index is 13.0. The van der Waals surface area contributed by atoms with Gasteiger partial charge in [-0.3, -0.25) is 4.79 Å². The van der Waals surface area contributed by atoms with Crippen molar-refractivity contribution in [1.29, 1.82) is 5.26 Å². The first-order valence-corrected chi connectivity index (χ1v) is 35.0. The van der Waals surface area contributed by atoms with Gasteiger partial charge >= 0.3 is 19.1 Å². The number of ether oxygens (including phenoxy) is 3. The van der Waals surface area contributed by atoms with Gasteiger partial charge in [-0.1, -0.05) is 50.2 Å². The number of esters is 2. The predicted molar refractivity (Wildman–Crippen MR) is 347 cm³/mol. The van der Waals surface area contributed by atoms with E-state index < -0.39 is 70.4 Å². The zero-order valence-electron chi connectivity index (χ0n) is 53.1. The van der Waals surface area contributed by atoms with E-state index in [4.69, 9.17) is 40.4 Å². The summed E-state index contributed by atoms with van der Waals surface area (Å²) in [6.07, 6.45) is 7.05. The minimum Gasteiger partial charge on any atom is -0.465 e. The van der Waals surface area contributed by atoms with Crippen molar-refractivity contribution in [3.05, 3.63) is 146 Å². The standard InChI is InChI=1S/C25H33BN2O7S.C11H17NO3S.C10H9NO4S.C9H13NO3S.C4H8O.CH4O.H2S/c1-15(2)23(27-24(29)20-9-8-18-14-35-26(31)22(18)16(20)3)25(30)34-13-17-7-10-21(36(6,32)33)19(11-17)12-28(4)5;1-12(2)7-10-6-9(8-13)4-5-11(10)16(3,14)15;1-15-10(12)7-3-4-9(16(2,13)14)8(5-7)6-11;1-14(12,13)9-3-2-7(6-11)4-8(9)5-10;1-2-4-5-3-1;1-2;/h7-11,15,23,31H,12-14H2,1-6H3,(H,27,29);4-6,13H,7-8H2,1-3H3;3-5H,1-2H3;2-4,11H,5-6,10H2,1H3;1-4H2;2H,1H3;1H2/t23-;;;;;;/m0....../s1. The van der Waals surface area contributed by atoms with Crippen LogP contribution in [0.3, 0.4) is 0 Å². The number of hydrogen-bond donors (Lipinski definition) is 6. The number of aliphatic hydroxyl groups excluding tert-OH is 3. The molecule has 0 aliphatic carbocycles. The Kier molecular flexibility index (Phi) is 34.6. The first-order valence-electron chi connectivity index (χ1n) is 27.4. The highest BCUT2D eigenvalue weighted by atomic mass is 32.2. The summed E-state index contributed by atoms with van der Waals surface area (Å²) in [5.74, 6) is -1.91. The second kappa shape index (κ2) is 38.0. The molecule has 498 valence electrons. The highest BCUT2D eigenvalue weighted by Gasteiger charge is 2.33. The van der Waals surface area contributed by atoms with Crippen LogP contribution in [0.5, 0.6) is 0 Å². The first kappa shape index (κ1) is 81.9. The minimum atomic E-state index is -3.47. The summed E-state index contributed by atoms with van der Waals surface area (Å²) in [6, 6.07) is 22.4. The Bertz CT molecular complexity index is 3720. The average molecular weight is 1350 g/mol. The number of aliphatic hydroxyl groups is 3. The van der Waals surface area contributed by atoms with E-state index in [1.165, 1.54) is 56.5 Å². The molecule has 0 radical (unpaired) electrons. The first-order chi connectivity index (χ1) is 41.5. The van der Waals surface area contributed by atoms with Crippen molar-refractivity contribution < 1.29 is 87.3 Å². The average Bonchev–Trinajstić information content (AvgIpc) is 1.64. The fourth-order valence-electron chi connectivity index (χ4n) is 8.77. The molecule has 1 amide bonds. The lowest BCUT2D eigenvalue weighted by Crippen LogP contribution is -2.46. The Balaban J connectivity index is 0.000000626. The molecular weight excluding hydrogens is 1270 g/mol. The third-order valence-electron chi connectivity index (χ3n) is 13.0. The van der Waals surface area contributed by atoms with Crippen LogP contribution in [0.15, 0.2) is 105 Å². The Morgan fingerprint density at radius 1 is 0.700 bits per heavy atom. The summed E-state index contributed by atoms with van der Waals surface area (Å²) in [7, 11) is -4.77. The van der Waals surface area contributed by atoms with Crippen molar-refractivity contribution in [1.82, 2.24) is 15.1 Å². The van der Waals surface area contributed by atoms with Gasteiger partial charge in [0.1, 0.15) is 18.7 Å². The fourth-order valence-corrected chi connectivity index (χ4v) is 12.4. The van der Waals surface area contributed by atoms with Crippen molar-refractivity contribution >= 4 is 83.3 Å². The van der Waals surface area contributed by atoms with Crippen LogP contribution in [0.4, 0.5) is 0 Å². The molecule has 2 aliphatic heterocycles. The molecule has 1 atom stereocenters. The summed E-state index contributed by atoms with van der Waals surface area (Å²) in [6.45, 7) is 8.46. The van der Waals surface area contributed by atoms with Crippen LogP contribution in [0.25, 0.3) is 0 Å². The van der Waals surface area contributed by atoms with Gasteiger partial charge in [-0.05, 0) is 152 Å². The van der Waals surface area contributed by atoms with Gasteiger partial charge < -0.3 is 60.1 Å². The molecule has 0 unspecified atom stereocenters. The maximum absolute atomic E-state index is 13.0. The molecule has 1 saturated heterocycles. The van der Waals surface area contributed by atoms with Crippen LogP contribution in [0.2, 0.25) is 0 Å².